The van der Waals surface area contributed by atoms with Gasteiger partial charge in [0.05, 0.1) is 6.54 Å². The Bertz CT molecular complexity index is 327. The summed E-state index contributed by atoms with van der Waals surface area (Å²) in [4.78, 5) is 6.49. The molecule has 2 unspecified atom stereocenters. The standard InChI is InChI=1S/C11H20N4O/c1-4-11(3)7-15(9(2)5-13-11)6-10-12-8-16-14-10/h8-9,13H,4-7H2,1-3H3. The van der Waals surface area contributed by atoms with Crippen LogP contribution in [0.3, 0.4) is 0 Å². The monoisotopic (exact) mass is 224 g/mol. The fourth-order valence-corrected chi connectivity index (χ4v) is 2.08. The summed E-state index contributed by atoms with van der Waals surface area (Å²) in [6, 6.07) is 0.512. The number of rotatable bonds is 3. The molecule has 0 aliphatic carbocycles. The summed E-state index contributed by atoms with van der Waals surface area (Å²) < 4.78 is 4.77. The molecule has 2 heterocycles. The van der Waals surface area contributed by atoms with E-state index in [0.29, 0.717) is 6.04 Å². The van der Waals surface area contributed by atoms with Crippen LogP contribution in [0.5, 0.6) is 0 Å². The number of hydrogen-bond donors (Lipinski definition) is 1. The third-order valence-electron chi connectivity index (χ3n) is 3.53. The Labute approximate surface area is 96.2 Å². The second kappa shape index (κ2) is 4.51. The Morgan fingerprint density at radius 3 is 3.12 bits per heavy atom. The quantitative estimate of drug-likeness (QED) is 0.831. The maximum absolute atomic E-state index is 4.77. The van der Waals surface area contributed by atoms with Crippen molar-refractivity contribution in [3.63, 3.8) is 0 Å². The highest BCUT2D eigenvalue weighted by molar-refractivity contribution is 4.94. The van der Waals surface area contributed by atoms with Gasteiger partial charge < -0.3 is 9.84 Å². The van der Waals surface area contributed by atoms with E-state index in [1.165, 1.54) is 6.39 Å². The lowest BCUT2D eigenvalue weighted by molar-refractivity contribution is 0.0835. The predicted molar refractivity (Wildman–Crippen MR) is 60.9 cm³/mol. The van der Waals surface area contributed by atoms with E-state index in [4.69, 9.17) is 4.52 Å². The first-order valence-corrected chi connectivity index (χ1v) is 5.87. The van der Waals surface area contributed by atoms with Crippen molar-refractivity contribution in [2.45, 2.75) is 45.3 Å². The van der Waals surface area contributed by atoms with E-state index in [9.17, 15) is 0 Å². The molecule has 0 aromatic carbocycles. The van der Waals surface area contributed by atoms with E-state index in [1.54, 1.807) is 0 Å². The third kappa shape index (κ3) is 2.41. The maximum Gasteiger partial charge on any atom is 0.213 e. The van der Waals surface area contributed by atoms with Crippen LogP contribution >= 0.6 is 0 Å². The lowest BCUT2D eigenvalue weighted by Crippen LogP contribution is -2.61. The van der Waals surface area contributed by atoms with Crippen molar-refractivity contribution in [3.05, 3.63) is 12.2 Å². The van der Waals surface area contributed by atoms with Gasteiger partial charge in [-0.2, -0.15) is 4.98 Å². The van der Waals surface area contributed by atoms with Crippen LogP contribution in [0.15, 0.2) is 10.9 Å². The largest absolute Gasteiger partial charge is 0.343 e. The Morgan fingerprint density at radius 2 is 2.50 bits per heavy atom. The molecule has 0 saturated carbocycles. The molecule has 2 atom stereocenters. The second-order valence-corrected chi connectivity index (χ2v) is 4.90. The van der Waals surface area contributed by atoms with Gasteiger partial charge in [0.25, 0.3) is 0 Å². The van der Waals surface area contributed by atoms with Crippen LogP contribution < -0.4 is 5.32 Å². The highest BCUT2D eigenvalue weighted by Crippen LogP contribution is 2.19. The normalized spacial score (nSPS) is 31.8. The third-order valence-corrected chi connectivity index (χ3v) is 3.53. The minimum absolute atomic E-state index is 0.205. The minimum atomic E-state index is 0.205. The molecule has 1 fully saturated rings. The molecule has 1 aromatic rings. The van der Waals surface area contributed by atoms with Gasteiger partial charge in [0.15, 0.2) is 5.82 Å². The van der Waals surface area contributed by atoms with Gasteiger partial charge in [-0.25, -0.2) is 0 Å². The van der Waals surface area contributed by atoms with Crippen molar-refractivity contribution in [2.24, 2.45) is 0 Å². The molecule has 90 valence electrons. The molecule has 1 aliphatic heterocycles. The van der Waals surface area contributed by atoms with E-state index in [0.717, 1.165) is 31.9 Å². The van der Waals surface area contributed by atoms with Gasteiger partial charge >= 0.3 is 0 Å². The van der Waals surface area contributed by atoms with Gasteiger partial charge in [0, 0.05) is 24.7 Å². The zero-order valence-electron chi connectivity index (χ0n) is 10.2. The van der Waals surface area contributed by atoms with E-state index in [2.05, 4.69) is 41.1 Å². The van der Waals surface area contributed by atoms with Crippen molar-refractivity contribution in [3.8, 4) is 0 Å². The van der Waals surface area contributed by atoms with Crippen LogP contribution in [-0.4, -0.2) is 39.7 Å². The van der Waals surface area contributed by atoms with E-state index >= 15 is 0 Å². The van der Waals surface area contributed by atoms with Crippen molar-refractivity contribution < 1.29 is 4.52 Å². The molecule has 1 aliphatic rings. The molecule has 0 radical (unpaired) electrons. The fourth-order valence-electron chi connectivity index (χ4n) is 2.08. The zero-order chi connectivity index (χ0) is 11.6. The average molecular weight is 224 g/mol. The Balaban J connectivity index is 2.01. The van der Waals surface area contributed by atoms with Crippen molar-refractivity contribution in [1.82, 2.24) is 20.4 Å². The number of piperazine rings is 1. The number of aromatic nitrogens is 2. The van der Waals surface area contributed by atoms with Crippen LogP contribution in [-0.2, 0) is 6.54 Å². The molecule has 1 saturated heterocycles. The van der Waals surface area contributed by atoms with Crippen LogP contribution in [0.2, 0.25) is 0 Å². The van der Waals surface area contributed by atoms with Gasteiger partial charge in [0.2, 0.25) is 6.39 Å². The van der Waals surface area contributed by atoms with Gasteiger partial charge in [-0.05, 0) is 20.3 Å². The summed E-state index contributed by atoms with van der Waals surface area (Å²) >= 11 is 0. The van der Waals surface area contributed by atoms with Crippen molar-refractivity contribution in [1.29, 1.82) is 0 Å². The highest BCUT2D eigenvalue weighted by atomic mass is 16.5. The molecule has 0 amide bonds. The Kier molecular flexibility index (Phi) is 3.25. The smallest absolute Gasteiger partial charge is 0.213 e. The first-order chi connectivity index (χ1) is 7.63. The average Bonchev–Trinajstić information content (AvgIpc) is 2.77. The summed E-state index contributed by atoms with van der Waals surface area (Å²) in [6.07, 6.45) is 2.52. The van der Waals surface area contributed by atoms with Gasteiger partial charge in [0.1, 0.15) is 0 Å². The summed E-state index contributed by atoms with van der Waals surface area (Å²) in [5, 5.41) is 7.47. The topological polar surface area (TPSA) is 54.2 Å². The molecular weight excluding hydrogens is 204 g/mol. The molecule has 5 nitrogen and oxygen atoms in total. The summed E-state index contributed by atoms with van der Waals surface area (Å²) in [5.74, 6) is 0.771. The van der Waals surface area contributed by atoms with Crippen molar-refractivity contribution >= 4 is 0 Å². The molecule has 5 heteroatoms. The number of nitrogens with zero attached hydrogens (tertiary/aromatic N) is 3. The van der Waals surface area contributed by atoms with Crippen LogP contribution in [0.1, 0.15) is 33.0 Å². The lowest BCUT2D eigenvalue weighted by Gasteiger charge is -2.44. The Morgan fingerprint density at radius 1 is 1.69 bits per heavy atom. The van der Waals surface area contributed by atoms with E-state index in [1.807, 2.05) is 0 Å². The molecule has 0 bridgehead atoms. The first kappa shape index (κ1) is 11.5. The first-order valence-electron chi connectivity index (χ1n) is 5.87. The molecular formula is C11H20N4O. The predicted octanol–water partition coefficient (Wildman–Crippen LogP) is 1.03. The molecule has 16 heavy (non-hydrogen) atoms. The van der Waals surface area contributed by atoms with Crippen LogP contribution in [0.4, 0.5) is 0 Å². The number of nitrogens with one attached hydrogen (secondary N) is 1. The van der Waals surface area contributed by atoms with Gasteiger partial charge in [-0.1, -0.05) is 12.1 Å². The van der Waals surface area contributed by atoms with Crippen LogP contribution in [0.25, 0.3) is 0 Å². The zero-order valence-corrected chi connectivity index (χ0v) is 10.2. The van der Waals surface area contributed by atoms with Gasteiger partial charge in [-0.3, -0.25) is 4.90 Å². The molecule has 1 aromatic heterocycles. The van der Waals surface area contributed by atoms with Crippen LogP contribution in [0, 0.1) is 0 Å². The molecule has 2 rings (SSSR count). The summed E-state index contributed by atoms with van der Waals surface area (Å²) in [7, 11) is 0. The Hall–Kier alpha value is -0.940. The SMILES string of the molecule is CCC1(C)CN(Cc2ncon2)C(C)CN1. The fraction of sp³-hybridized carbons (Fsp3) is 0.818. The number of hydrogen-bond acceptors (Lipinski definition) is 5. The minimum Gasteiger partial charge on any atom is -0.343 e. The van der Waals surface area contributed by atoms with E-state index in [-0.39, 0.29) is 5.54 Å². The summed E-state index contributed by atoms with van der Waals surface area (Å²) in [5.41, 5.74) is 0.205. The second-order valence-electron chi connectivity index (χ2n) is 4.90. The maximum atomic E-state index is 4.77. The van der Waals surface area contributed by atoms with E-state index < -0.39 is 0 Å². The summed E-state index contributed by atoms with van der Waals surface area (Å²) in [6.45, 7) is 9.52. The van der Waals surface area contributed by atoms with Gasteiger partial charge in [-0.15, -0.1) is 0 Å². The van der Waals surface area contributed by atoms with Crippen molar-refractivity contribution in [2.75, 3.05) is 13.1 Å². The highest BCUT2D eigenvalue weighted by Gasteiger charge is 2.32. The lowest BCUT2D eigenvalue weighted by atomic mass is 9.94. The molecule has 0 spiro atoms. The molecule has 1 N–H and O–H groups in total.